The predicted molar refractivity (Wildman–Crippen MR) is 106 cm³/mol. The van der Waals surface area contributed by atoms with E-state index in [9.17, 15) is 5.11 Å². The van der Waals surface area contributed by atoms with E-state index in [1.165, 1.54) is 0 Å². The number of aromatic nitrogens is 5. The molecule has 0 amide bonds. The van der Waals surface area contributed by atoms with Gasteiger partial charge >= 0.3 is 0 Å². The summed E-state index contributed by atoms with van der Waals surface area (Å²) < 4.78 is 1.72. The summed E-state index contributed by atoms with van der Waals surface area (Å²) >= 11 is 0. The lowest BCUT2D eigenvalue weighted by Gasteiger charge is -2.39. The van der Waals surface area contributed by atoms with E-state index in [-0.39, 0.29) is 0 Å². The van der Waals surface area contributed by atoms with Crippen molar-refractivity contribution in [3.05, 3.63) is 72.8 Å². The maximum atomic E-state index is 11.1. The van der Waals surface area contributed by atoms with Gasteiger partial charge in [-0.3, -0.25) is 4.98 Å². The van der Waals surface area contributed by atoms with Gasteiger partial charge < -0.3 is 10.0 Å². The molecule has 7 nitrogen and oxygen atoms in total. The number of aliphatic hydroxyl groups is 1. The molecule has 140 valence electrons. The Balaban J connectivity index is 1.48. The van der Waals surface area contributed by atoms with Crippen molar-refractivity contribution in [1.29, 1.82) is 0 Å². The molecular formula is C21H20N6O. The van der Waals surface area contributed by atoms with Crippen LogP contribution in [0.2, 0.25) is 0 Å². The van der Waals surface area contributed by atoms with E-state index < -0.39 is 5.60 Å². The number of anilines is 1. The Kier molecular flexibility index (Phi) is 4.02. The first-order valence-electron chi connectivity index (χ1n) is 9.37. The minimum Gasteiger partial charge on any atom is -0.385 e. The maximum absolute atomic E-state index is 11.1. The molecule has 1 fully saturated rings. The van der Waals surface area contributed by atoms with Crippen molar-refractivity contribution in [3.8, 4) is 11.3 Å². The van der Waals surface area contributed by atoms with Gasteiger partial charge in [-0.1, -0.05) is 36.4 Å². The lowest BCUT2D eigenvalue weighted by Crippen LogP contribution is -2.43. The van der Waals surface area contributed by atoms with Crippen LogP contribution in [0.25, 0.3) is 16.9 Å². The molecule has 1 aliphatic rings. The third-order valence-electron chi connectivity index (χ3n) is 5.45. The molecule has 0 spiro atoms. The number of benzene rings is 1. The summed E-state index contributed by atoms with van der Waals surface area (Å²) in [5.74, 6) is 0. The van der Waals surface area contributed by atoms with Crippen LogP contribution in [0.5, 0.6) is 0 Å². The minimum absolute atomic E-state index is 0.627. The predicted octanol–water partition coefficient (Wildman–Crippen LogP) is 2.67. The Hall–Kier alpha value is -3.32. The Bertz CT molecular complexity index is 1090. The molecule has 7 heteroatoms. The van der Waals surface area contributed by atoms with Gasteiger partial charge in [0, 0.05) is 36.6 Å². The molecule has 4 heterocycles. The number of hydrogen-bond donors (Lipinski definition) is 1. The normalized spacial score (nSPS) is 16.4. The van der Waals surface area contributed by atoms with Gasteiger partial charge in [-0.05, 0) is 25.0 Å². The Morgan fingerprint density at radius 2 is 1.82 bits per heavy atom. The van der Waals surface area contributed by atoms with Gasteiger partial charge in [-0.2, -0.15) is 9.61 Å². The van der Waals surface area contributed by atoms with Crippen LogP contribution in [0.4, 0.5) is 5.69 Å². The zero-order chi connectivity index (χ0) is 19.0. The molecule has 1 aliphatic heterocycles. The second kappa shape index (κ2) is 6.69. The van der Waals surface area contributed by atoms with E-state index in [1.807, 2.05) is 42.5 Å². The van der Waals surface area contributed by atoms with Crippen molar-refractivity contribution in [3.63, 3.8) is 0 Å². The van der Waals surface area contributed by atoms with Gasteiger partial charge in [-0.25, -0.2) is 0 Å². The van der Waals surface area contributed by atoms with E-state index in [0.717, 1.165) is 28.2 Å². The Labute approximate surface area is 162 Å². The molecule has 5 rings (SSSR count). The molecule has 0 radical (unpaired) electrons. The molecule has 0 unspecified atom stereocenters. The molecule has 1 N–H and O–H groups in total. The number of rotatable bonds is 3. The van der Waals surface area contributed by atoms with E-state index in [1.54, 1.807) is 23.2 Å². The fourth-order valence-corrected chi connectivity index (χ4v) is 3.84. The number of fused-ring (bicyclic) bond motifs is 1. The van der Waals surface area contributed by atoms with Crippen LogP contribution in [-0.2, 0) is 5.60 Å². The molecule has 1 saturated heterocycles. The third kappa shape index (κ3) is 2.90. The van der Waals surface area contributed by atoms with Crippen molar-refractivity contribution in [2.24, 2.45) is 0 Å². The molecule has 28 heavy (non-hydrogen) atoms. The summed E-state index contributed by atoms with van der Waals surface area (Å²) in [7, 11) is 0. The first-order valence-corrected chi connectivity index (χ1v) is 9.37. The number of nitrogens with zero attached hydrogens (tertiary/aromatic N) is 6. The topological polar surface area (TPSA) is 79.4 Å². The number of hydrogen-bond acceptors (Lipinski definition) is 6. The number of piperidine rings is 1. The van der Waals surface area contributed by atoms with E-state index in [4.69, 9.17) is 0 Å². The van der Waals surface area contributed by atoms with Gasteiger partial charge in [0.05, 0.1) is 17.0 Å². The van der Waals surface area contributed by atoms with Crippen LogP contribution < -0.4 is 4.90 Å². The van der Waals surface area contributed by atoms with Crippen LogP contribution >= 0.6 is 0 Å². The SMILES string of the molecule is OC1(c2cccnc2)CCN(c2cc(-c3ccccc3)nn3cnnc23)CC1. The highest BCUT2D eigenvalue weighted by atomic mass is 16.3. The van der Waals surface area contributed by atoms with Crippen LogP contribution in [0.15, 0.2) is 67.3 Å². The molecule has 0 saturated carbocycles. The minimum atomic E-state index is -0.843. The smallest absolute Gasteiger partial charge is 0.200 e. The zero-order valence-corrected chi connectivity index (χ0v) is 15.3. The average molecular weight is 372 g/mol. The third-order valence-corrected chi connectivity index (χ3v) is 5.45. The molecule has 0 atom stereocenters. The van der Waals surface area contributed by atoms with E-state index >= 15 is 0 Å². The lowest BCUT2D eigenvalue weighted by atomic mass is 9.85. The summed E-state index contributed by atoms with van der Waals surface area (Å²) in [6, 6.07) is 16.0. The van der Waals surface area contributed by atoms with Gasteiger partial charge in [-0.15, -0.1) is 10.2 Å². The van der Waals surface area contributed by atoms with Gasteiger partial charge in [0.25, 0.3) is 0 Å². The standard InChI is InChI=1S/C21H20N6O/c28-21(17-7-4-10-22-14-17)8-11-26(12-9-21)19-13-18(16-5-2-1-3-6-16)25-27-15-23-24-20(19)27/h1-7,10,13-15,28H,8-9,11-12H2. The monoisotopic (exact) mass is 372 g/mol. The lowest BCUT2D eigenvalue weighted by molar-refractivity contribution is 0.0115. The first-order chi connectivity index (χ1) is 13.7. The van der Waals surface area contributed by atoms with Crippen LogP contribution in [0.1, 0.15) is 18.4 Å². The fraction of sp³-hybridized carbons (Fsp3) is 0.238. The van der Waals surface area contributed by atoms with Crippen LogP contribution in [-0.4, -0.2) is 43.0 Å². The number of pyridine rings is 1. The highest BCUT2D eigenvalue weighted by molar-refractivity contribution is 5.74. The summed E-state index contributed by atoms with van der Waals surface area (Å²) in [4.78, 5) is 6.41. The highest BCUT2D eigenvalue weighted by Gasteiger charge is 2.35. The van der Waals surface area contributed by atoms with E-state index in [0.29, 0.717) is 25.9 Å². The average Bonchev–Trinajstić information content (AvgIpc) is 3.24. The maximum Gasteiger partial charge on any atom is 0.200 e. The van der Waals surface area contributed by atoms with Gasteiger partial charge in [0.2, 0.25) is 5.65 Å². The Morgan fingerprint density at radius 1 is 1.00 bits per heavy atom. The van der Waals surface area contributed by atoms with E-state index in [2.05, 4.69) is 31.2 Å². The largest absolute Gasteiger partial charge is 0.385 e. The second-order valence-electron chi connectivity index (χ2n) is 7.14. The molecule has 0 bridgehead atoms. The van der Waals surface area contributed by atoms with Gasteiger partial charge in [0.1, 0.15) is 6.33 Å². The quantitative estimate of drug-likeness (QED) is 0.596. The van der Waals surface area contributed by atoms with Gasteiger partial charge in [0.15, 0.2) is 0 Å². The van der Waals surface area contributed by atoms with Crippen LogP contribution in [0, 0.1) is 0 Å². The van der Waals surface area contributed by atoms with Crippen molar-refractivity contribution in [1.82, 2.24) is 24.8 Å². The molecule has 1 aromatic carbocycles. The van der Waals surface area contributed by atoms with Crippen molar-refractivity contribution in [2.75, 3.05) is 18.0 Å². The van der Waals surface area contributed by atoms with Crippen molar-refractivity contribution < 1.29 is 5.11 Å². The molecule has 3 aromatic heterocycles. The van der Waals surface area contributed by atoms with Crippen molar-refractivity contribution in [2.45, 2.75) is 18.4 Å². The van der Waals surface area contributed by atoms with Crippen molar-refractivity contribution >= 4 is 11.3 Å². The molecule has 4 aromatic rings. The fourth-order valence-electron chi connectivity index (χ4n) is 3.84. The molecular weight excluding hydrogens is 352 g/mol. The summed E-state index contributed by atoms with van der Waals surface area (Å²) in [6.07, 6.45) is 6.36. The highest BCUT2D eigenvalue weighted by Crippen LogP contribution is 2.35. The van der Waals surface area contributed by atoms with Crippen LogP contribution in [0.3, 0.4) is 0 Å². The Morgan fingerprint density at radius 3 is 2.57 bits per heavy atom. The molecule has 0 aliphatic carbocycles. The second-order valence-corrected chi connectivity index (χ2v) is 7.14. The first kappa shape index (κ1) is 16.8. The summed E-state index contributed by atoms with van der Waals surface area (Å²) in [6.45, 7) is 1.43. The summed E-state index contributed by atoms with van der Waals surface area (Å²) in [5.41, 5.74) is 3.66. The summed E-state index contributed by atoms with van der Waals surface area (Å²) in [5, 5.41) is 24.0. The zero-order valence-electron chi connectivity index (χ0n) is 15.3.